The first-order chi connectivity index (χ1) is 11.0. The largest absolute Gasteiger partial charge is 0.463 e. The fourth-order valence-electron chi connectivity index (χ4n) is 5.00. The van der Waals surface area contributed by atoms with Crippen molar-refractivity contribution in [1.82, 2.24) is 0 Å². The zero-order valence-electron chi connectivity index (χ0n) is 13.6. The van der Waals surface area contributed by atoms with E-state index in [0.717, 1.165) is 6.42 Å². The van der Waals surface area contributed by atoms with Crippen molar-refractivity contribution < 1.29 is 23.8 Å². The van der Waals surface area contributed by atoms with E-state index in [1.807, 2.05) is 13.8 Å². The van der Waals surface area contributed by atoms with Gasteiger partial charge in [-0.1, -0.05) is 26.0 Å². The van der Waals surface area contributed by atoms with Crippen LogP contribution in [0.5, 0.6) is 0 Å². The maximum atomic E-state index is 12.3. The van der Waals surface area contributed by atoms with Crippen LogP contribution in [0, 0.1) is 35.5 Å². The van der Waals surface area contributed by atoms with Gasteiger partial charge in [-0.05, 0) is 42.4 Å². The molecule has 5 heteroatoms. The first-order valence-corrected chi connectivity index (χ1v) is 8.70. The Morgan fingerprint density at radius 1 is 1.13 bits per heavy atom. The number of carbonyl (C=O) groups is 2. The number of rotatable bonds is 5. The second-order valence-corrected chi connectivity index (χ2v) is 7.77. The highest BCUT2D eigenvalue weighted by molar-refractivity contribution is 5.78. The molecule has 0 aromatic rings. The first-order valence-electron chi connectivity index (χ1n) is 8.70. The van der Waals surface area contributed by atoms with Crippen LogP contribution in [0.25, 0.3) is 0 Å². The van der Waals surface area contributed by atoms with Gasteiger partial charge in [0.1, 0.15) is 0 Å². The fourth-order valence-corrected chi connectivity index (χ4v) is 5.00. The summed E-state index contributed by atoms with van der Waals surface area (Å²) in [6, 6.07) is 0. The molecule has 2 heterocycles. The van der Waals surface area contributed by atoms with Crippen molar-refractivity contribution in [1.29, 1.82) is 0 Å². The van der Waals surface area contributed by atoms with Crippen LogP contribution >= 0.6 is 0 Å². The molecule has 4 rings (SSSR count). The molecule has 0 aromatic heterocycles. The number of hydrogen-bond acceptors (Lipinski definition) is 5. The Morgan fingerprint density at radius 2 is 1.87 bits per heavy atom. The van der Waals surface area contributed by atoms with Crippen LogP contribution in [-0.2, 0) is 23.8 Å². The van der Waals surface area contributed by atoms with Crippen molar-refractivity contribution in [3.63, 3.8) is 0 Å². The molecule has 2 saturated heterocycles. The second kappa shape index (κ2) is 5.62. The summed E-state index contributed by atoms with van der Waals surface area (Å²) in [5, 5.41) is 0. The van der Waals surface area contributed by atoms with E-state index in [1.54, 1.807) is 0 Å². The molecule has 0 aromatic carbocycles. The third-order valence-corrected chi connectivity index (χ3v) is 5.82. The van der Waals surface area contributed by atoms with E-state index in [1.165, 1.54) is 6.42 Å². The van der Waals surface area contributed by atoms with Gasteiger partial charge in [-0.15, -0.1) is 0 Å². The Morgan fingerprint density at radius 3 is 2.61 bits per heavy atom. The Labute approximate surface area is 136 Å². The van der Waals surface area contributed by atoms with Gasteiger partial charge in [0.05, 0.1) is 24.7 Å². The highest BCUT2D eigenvalue weighted by Crippen LogP contribution is 2.61. The van der Waals surface area contributed by atoms with Crippen LogP contribution in [0.1, 0.15) is 26.7 Å². The third kappa shape index (κ3) is 2.49. The van der Waals surface area contributed by atoms with Gasteiger partial charge in [0, 0.05) is 0 Å². The zero-order chi connectivity index (χ0) is 16.1. The van der Waals surface area contributed by atoms with Gasteiger partial charge in [0.25, 0.3) is 0 Å². The molecule has 5 nitrogen and oxygen atoms in total. The lowest BCUT2D eigenvalue weighted by Gasteiger charge is -2.32. The highest BCUT2D eigenvalue weighted by Gasteiger charge is 2.64. The maximum absolute atomic E-state index is 12.3. The number of esters is 2. The summed E-state index contributed by atoms with van der Waals surface area (Å²) in [6.45, 7) is 3.99. The summed E-state index contributed by atoms with van der Waals surface area (Å²) < 4.78 is 16.3. The SMILES string of the molecule is CC(C)COC(=O)COC(=O)C1CC2OC1C1C3C=CC(C3)C21. The van der Waals surface area contributed by atoms with Gasteiger partial charge < -0.3 is 14.2 Å². The minimum absolute atomic E-state index is 0.0239. The number of hydrogen-bond donors (Lipinski definition) is 0. The summed E-state index contributed by atoms with van der Waals surface area (Å²) in [6.07, 6.45) is 6.74. The Hall–Kier alpha value is -1.36. The van der Waals surface area contributed by atoms with Gasteiger partial charge in [-0.3, -0.25) is 4.79 Å². The summed E-state index contributed by atoms with van der Waals surface area (Å²) in [4.78, 5) is 23.9. The number of carbonyl (C=O) groups excluding carboxylic acids is 2. The van der Waals surface area contributed by atoms with Crippen LogP contribution < -0.4 is 0 Å². The van der Waals surface area contributed by atoms with Crippen LogP contribution in [0.3, 0.4) is 0 Å². The molecule has 0 radical (unpaired) electrons. The topological polar surface area (TPSA) is 61.8 Å². The third-order valence-electron chi connectivity index (χ3n) is 5.82. The molecule has 126 valence electrons. The lowest BCUT2D eigenvalue weighted by molar-refractivity contribution is -0.163. The molecule has 7 unspecified atom stereocenters. The molecule has 7 atom stereocenters. The standard InChI is InChI=1S/C18H24O5/c1-9(2)7-21-14(19)8-22-18(20)12-6-13-15-10-3-4-11(5-10)16(15)17(12)23-13/h3-4,9-13,15-17H,5-8H2,1-2H3. The van der Waals surface area contributed by atoms with E-state index in [4.69, 9.17) is 14.2 Å². The molecule has 4 aliphatic rings. The van der Waals surface area contributed by atoms with Gasteiger partial charge in [-0.2, -0.15) is 0 Å². The first kappa shape index (κ1) is 15.2. The average molecular weight is 320 g/mol. The lowest BCUT2D eigenvalue weighted by atomic mass is 9.69. The monoisotopic (exact) mass is 320 g/mol. The van der Waals surface area contributed by atoms with Gasteiger partial charge in [-0.25, -0.2) is 4.79 Å². The molecule has 3 fully saturated rings. The predicted molar refractivity (Wildman–Crippen MR) is 81.2 cm³/mol. The summed E-state index contributed by atoms with van der Waals surface area (Å²) in [7, 11) is 0. The van der Waals surface area contributed by atoms with Crippen LogP contribution in [0.15, 0.2) is 12.2 Å². The Balaban J connectivity index is 1.31. The quantitative estimate of drug-likeness (QED) is 0.572. The van der Waals surface area contributed by atoms with Crippen molar-refractivity contribution in [2.24, 2.45) is 35.5 Å². The van der Waals surface area contributed by atoms with Crippen molar-refractivity contribution in [3.05, 3.63) is 12.2 Å². The lowest BCUT2D eigenvalue weighted by Crippen LogP contribution is -2.40. The molecular weight excluding hydrogens is 296 g/mol. The Bertz CT molecular complexity index is 540. The molecular formula is C18H24O5. The average Bonchev–Trinajstić information content (AvgIpc) is 3.27. The van der Waals surface area contributed by atoms with E-state index in [2.05, 4.69) is 12.2 Å². The van der Waals surface area contributed by atoms with E-state index < -0.39 is 5.97 Å². The normalized spacial score (nSPS) is 42.3. The molecule has 0 N–H and O–H groups in total. The molecule has 1 saturated carbocycles. The maximum Gasteiger partial charge on any atom is 0.344 e. The highest BCUT2D eigenvalue weighted by atomic mass is 16.6. The minimum Gasteiger partial charge on any atom is -0.463 e. The van der Waals surface area contributed by atoms with Crippen molar-refractivity contribution in [2.75, 3.05) is 13.2 Å². The van der Waals surface area contributed by atoms with E-state index in [9.17, 15) is 9.59 Å². The smallest absolute Gasteiger partial charge is 0.344 e. The molecule has 4 bridgehead atoms. The van der Waals surface area contributed by atoms with Crippen LogP contribution in [0.2, 0.25) is 0 Å². The summed E-state index contributed by atoms with van der Waals surface area (Å²) >= 11 is 0. The molecule has 0 amide bonds. The number of fused-ring (bicyclic) bond motifs is 9. The van der Waals surface area contributed by atoms with Crippen molar-refractivity contribution in [2.45, 2.75) is 38.9 Å². The molecule has 2 aliphatic heterocycles. The summed E-state index contributed by atoms with van der Waals surface area (Å²) in [5.41, 5.74) is 0. The van der Waals surface area contributed by atoms with Gasteiger partial charge >= 0.3 is 11.9 Å². The minimum atomic E-state index is -0.475. The van der Waals surface area contributed by atoms with Crippen molar-refractivity contribution in [3.8, 4) is 0 Å². The van der Waals surface area contributed by atoms with Crippen LogP contribution in [0.4, 0.5) is 0 Å². The van der Waals surface area contributed by atoms with Gasteiger partial charge in [0.2, 0.25) is 0 Å². The molecule has 0 spiro atoms. The van der Waals surface area contributed by atoms with E-state index in [-0.39, 0.29) is 36.6 Å². The van der Waals surface area contributed by atoms with Crippen LogP contribution in [-0.4, -0.2) is 37.4 Å². The molecule has 2 aliphatic carbocycles. The molecule has 23 heavy (non-hydrogen) atoms. The van der Waals surface area contributed by atoms with E-state index in [0.29, 0.717) is 30.3 Å². The number of ether oxygens (including phenoxy) is 3. The predicted octanol–water partition coefficient (Wildman–Crippen LogP) is 1.95. The zero-order valence-corrected chi connectivity index (χ0v) is 13.6. The fraction of sp³-hybridized carbons (Fsp3) is 0.778. The summed E-state index contributed by atoms with van der Waals surface area (Å²) in [5.74, 6) is 1.54. The van der Waals surface area contributed by atoms with E-state index >= 15 is 0 Å². The van der Waals surface area contributed by atoms with Crippen molar-refractivity contribution >= 4 is 11.9 Å². The Kier molecular flexibility index (Phi) is 3.71. The number of allylic oxidation sites excluding steroid dienone is 2. The van der Waals surface area contributed by atoms with Gasteiger partial charge in [0.15, 0.2) is 6.61 Å². The second-order valence-electron chi connectivity index (χ2n) is 7.77.